The molecule has 166 valence electrons. The minimum absolute atomic E-state index is 0.148. The summed E-state index contributed by atoms with van der Waals surface area (Å²) in [6, 6.07) is 22.0. The lowest BCUT2D eigenvalue weighted by Gasteiger charge is -2.13. The molecule has 0 aliphatic rings. The Morgan fingerprint density at radius 1 is 0.970 bits per heavy atom. The predicted molar refractivity (Wildman–Crippen MR) is 122 cm³/mol. The molecule has 3 aromatic carbocycles. The van der Waals surface area contributed by atoms with Crippen molar-refractivity contribution < 1.29 is 9.18 Å². The van der Waals surface area contributed by atoms with Gasteiger partial charge in [0.2, 0.25) is 5.69 Å². The number of halogens is 1. The van der Waals surface area contributed by atoms with Crippen molar-refractivity contribution in [3.8, 4) is 5.69 Å². The smallest absolute Gasteiger partial charge is 0.346 e. The second-order valence-electron chi connectivity index (χ2n) is 7.53. The summed E-state index contributed by atoms with van der Waals surface area (Å²) in [4.78, 5) is 39.2. The van der Waals surface area contributed by atoms with Crippen LogP contribution in [0.3, 0.4) is 0 Å². The highest BCUT2D eigenvalue weighted by Gasteiger charge is 2.21. The molecule has 0 spiro atoms. The normalized spacial score (nSPS) is 10.7. The molecular weight excluding hydrogens is 423 g/mol. The summed E-state index contributed by atoms with van der Waals surface area (Å²) in [7, 11) is 0. The fourth-order valence-corrected chi connectivity index (χ4v) is 3.38. The molecule has 0 unspecified atom stereocenters. The van der Waals surface area contributed by atoms with Crippen LogP contribution in [0.1, 0.15) is 27.2 Å². The van der Waals surface area contributed by atoms with Crippen molar-refractivity contribution in [1.29, 1.82) is 0 Å². The van der Waals surface area contributed by atoms with Crippen molar-refractivity contribution in [2.24, 2.45) is 0 Å². The molecule has 33 heavy (non-hydrogen) atoms. The van der Waals surface area contributed by atoms with Gasteiger partial charge in [-0.2, -0.15) is 9.78 Å². The van der Waals surface area contributed by atoms with E-state index in [4.69, 9.17) is 0 Å². The maximum atomic E-state index is 14.3. The third-order valence-corrected chi connectivity index (χ3v) is 5.10. The van der Waals surface area contributed by atoms with Gasteiger partial charge in [-0.15, -0.1) is 0 Å². The van der Waals surface area contributed by atoms with E-state index >= 15 is 0 Å². The number of nitrogens with one attached hydrogen (secondary N) is 1. The summed E-state index contributed by atoms with van der Waals surface area (Å²) in [5, 5.41) is 6.75. The Morgan fingerprint density at radius 2 is 1.70 bits per heavy atom. The first-order valence-electron chi connectivity index (χ1n) is 10.3. The number of carbonyl (C=O) groups is 1. The summed E-state index contributed by atoms with van der Waals surface area (Å²) in [5.74, 6) is -1.29. The second-order valence-corrected chi connectivity index (χ2v) is 7.53. The van der Waals surface area contributed by atoms with Gasteiger partial charge in [-0.05, 0) is 36.2 Å². The lowest BCUT2D eigenvalue weighted by atomic mass is 10.2. The zero-order valence-electron chi connectivity index (χ0n) is 17.9. The standard InChI is InChI=1S/C25H21FN4O3/c1-17-8-7-12-20(14-17)30-25(33)29(16-19-11-5-6-13-21(19)26)24(32)22(28-30)23(31)27-15-18-9-3-2-4-10-18/h2-14H,15-16H2,1H3,(H,27,31). The van der Waals surface area contributed by atoms with Crippen molar-refractivity contribution in [2.75, 3.05) is 0 Å². The summed E-state index contributed by atoms with van der Waals surface area (Å²) in [5.41, 5.74) is 0.121. The Balaban J connectivity index is 1.80. The van der Waals surface area contributed by atoms with E-state index in [-0.39, 0.29) is 18.7 Å². The molecule has 1 aromatic heterocycles. The Bertz CT molecular complexity index is 1430. The van der Waals surface area contributed by atoms with Gasteiger partial charge in [0.15, 0.2) is 0 Å². The lowest BCUT2D eigenvalue weighted by Crippen LogP contribution is -2.46. The van der Waals surface area contributed by atoms with Crippen LogP contribution in [0.5, 0.6) is 0 Å². The molecule has 0 aliphatic carbocycles. The van der Waals surface area contributed by atoms with Crippen molar-refractivity contribution in [3.05, 3.63) is 128 Å². The number of hydrogen-bond donors (Lipinski definition) is 1. The molecule has 0 fully saturated rings. The van der Waals surface area contributed by atoms with Gasteiger partial charge in [0, 0.05) is 12.1 Å². The van der Waals surface area contributed by atoms with Gasteiger partial charge in [0.25, 0.3) is 11.5 Å². The van der Waals surface area contributed by atoms with Crippen LogP contribution in [0, 0.1) is 12.7 Å². The van der Waals surface area contributed by atoms with Crippen LogP contribution < -0.4 is 16.6 Å². The van der Waals surface area contributed by atoms with Gasteiger partial charge in [0.05, 0.1) is 12.2 Å². The first kappa shape index (κ1) is 21.9. The molecular formula is C25H21FN4O3. The Kier molecular flexibility index (Phi) is 6.26. The maximum absolute atomic E-state index is 14.3. The number of nitrogens with zero attached hydrogens (tertiary/aromatic N) is 3. The summed E-state index contributed by atoms with van der Waals surface area (Å²) < 4.78 is 16.1. The van der Waals surface area contributed by atoms with Crippen LogP contribution in [0.25, 0.3) is 5.69 Å². The van der Waals surface area contributed by atoms with Gasteiger partial charge in [0.1, 0.15) is 5.82 Å². The number of aromatic nitrogens is 3. The molecule has 8 heteroatoms. The Morgan fingerprint density at radius 3 is 2.42 bits per heavy atom. The van der Waals surface area contributed by atoms with E-state index < -0.39 is 28.7 Å². The Hall–Kier alpha value is -4.33. The molecule has 1 amide bonds. The van der Waals surface area contributed by atoms with Gasteiger partial charge in [-0.3, -0.25) is 14.2 Å². The molecule has 1 heterocycles. The van der Waals surface area contributed by atoms with E-state index in [1.165, 1.54) is 18.2 Å². The average Bonchev–Trinajstić information content (AvgIpc) is 2.82. The molecule has 0 saturated carbocycles. The van der Waals surface area contributed by atoms with E-state index in [1.807, 2.05) is 43.3 Å². The number of amides is 1. The van der Waals surface area contributed by atoms with Crippen LogP contribution in [0.2, 0.25) is 0 Å². The molecule has 4 rings (SSSR count). The summed E-state index contributed by atoms with van der Waals surface area (Å²) >= 11 is 0. The van der Waals surface area contributed by atoms with Gasteiger partial charge in [-0.25, -0.2) is 9.18 Å². The number of aryl methyl sites for hydroxylation is 1. The third-order valence-electron chi connectivity index (χ3n) is 5.10. The number of carbonyl (C=O) groups excluding carboxylic acids is 1. The predicted octanol–water partition coefficient (Wildman–Crippen LogP) is 2.82. The fraction of sp³-hybridized carbons (Fsp3) is 0.120. The topological polar surface area (TPSA) is 86.0 Å². The highest BCUT2D eigenvalue weighted by molar-refractivity contribution is 5.91. The molecule has 0 saturated heterocycles. The largest absolute Gasteiger partial charge is 0.352 e. The summed E-state index contributed by atoms with van der Waals surface area (Å²) in [6.45, 7) is 1.69. The molecule has 0 atom stereocenters. The van der Waals surface area contributed by atoms with E-state index in [9.17, 15) is 18.8 Å². The highest BCUT2D eigenvalue weighted by atomic mass is 19.1. The fourth-order valence-electron chi connectivity index (χ4n) is 3.38. The van der Waals surface area contributed by atoms with Gasteiger partial charge >= 0.3 is 5.69 Å². The second kappa shape index (κ2) is 9.44. The third kappa shape index (κ3) is 4.79. The molecule has 0 bridgehead atoms. The number of benzene rings is 3. The highest BCUT2D eigenvalue weighted by Crippen LogP contribution is 2.09. The minimum atomic E-state index is -0.891. The van der Waals surface area contributed by atoms with Crippen molar-refractivity contribution in [1.82, 2.24) is 19.7 Å². The van der Waals surface area contributed by atoms with Crippen molar-refractivity contribution >= 4 is 5.91 Å². The van der Waals surface area contributed by atoms with Gasteiger partial charge < -0.3 is 5.32 Å². The first-order valence-corrected chi connectivity index (χ1v) is 10.3. The molecule has 7 nitrogen and oxygen atoms in total. The first-order chi connectivity index (χ1) is 15.9. The SMILES string of the molecule is Cc1cccc(-n2nc(C(=O)NCc3ccccc3)c(=O)n(Cc3ccccc3F)c2=O)c1. The van der Waals surface area contributed by atoms with E-state index in [2.05, 4.69) is 10.4 Å². The Labute approximate surface area is 188 Å². The van der Waals surface area contributed by atoms with Crippen LogP contribution in [-0.2, 0) is 13.1 Å². The maximum Gasteiger partial charge on any atom is 0.352 e. The molecule has 4 aromatic rings. The van der Waals surface area contributed by atoms with E-state index in [1.54, 1.807) is 24.3 Å². The molecule has 0 radical (unpaired) electrons. The lowest BCUT2D eigenvalue weighted by molar-refractivity contribution is 0.0941. The zero-order chi connectivity index (χ0) is 23.4. The number of hydrogen-bond acceptors (Lipinski definition) is 4. The van der Waals surface area contributed by atoms with Crippen molar-refractivity contribution in [2.45, 2.75) is 20.0 Å². The quantitative estimate of drug-likeness (QED) is 0.496. The summed E-state index contributed by atoms with van der Waals surface area (Å²) in [6.07, 6.45) is 0. The van der Waals surface area contributed by atoms with Crippen LogP contribution in [-0.4, -0.2) is 20.3 Å². The van der Waals surface area contributed by atoms with Crippen LogP contribution in [0.4, 0.5) is 4.39 Å². The van der Waals surface area contributed by atoms with Crippen LogP contribution >= 0.6 is 0 Å². The number of rotatable bonds is 6. The van der Waals surface area contributed by atoms with Crippen molar-refractivity contribution in [3.63, 3.8) is 0 Å². The molecule has 1 N–H and O–H groups in total. The zero-order valence-corrected chi connectivity index (χ0v) is 17.9. The van der Waals surface area contributed by atoms with Crippen LogP contribution in [0.15, 0.2) is 88.5 Å². The monoisotopic (exact) mass is 444 g/mol. The molecule has 0 aliphatic heterocycles. The van der Waals surface area contributed by atoms with E-state index in [0.29, 0.717) is 5.69 Å². The van der Waals surface area contributed by atoms with Gasteiger partial charge in [-0.1, -0.05) is 60.7 Å². The average molecular weight is 444 g/mol. The van der Waals surface area contributed by atoms with E-state index in [0.717, 1.165) is 20.4 Å². The minimum Gasteiger partial charge on any atom is -0.346 e.